The topological polar surface area (TPSA) is 41.0 Å². The van der Waals surface area contributed by atoms with Crippen molar-refractivity contribution >= 4 is 5.82 Å². The van der Waals surface area contributed by atoms with Crippen molar-refractivity contribution in [2.24, 2.45) is 0 Å². The Balaban J connectivity index is 1.97. The maximum atomic E-state index is 4.49. The first-order chi connectivity index (χ1) is 9.29. The van der Waals surface area contributed by atoms with Crippen LogP contribution in [-0.2, 0) is 13.1 Å². The van der Waals surface area contributed by atoms with Crippen molar-refractivity contribution in [2.45, 2.75) is 20.0 Å². The minimum atomic E-state index is 0.764. The Morgan fingerprint density at radius 3 is 2.68 bits per heavy atom. The first-order valence-electron chi connectivity index (χ1n) is 6.56. The third kappa shape index (κ3) is 4.03. The third-order valence-electron chi connectivity index (χ3n) is 2.90. The average molecular weight is 256 g/mol. The standard InChI is InChI=1S/C15H20N4/c1-3-16-10-13-7-8-15(18-11-13)19(2)12-14-6-4-5-9-17-14/h4-9,11,16H,3,10,12H2,1-2H3. The summed E-state index contributed by atoms with van der Waals surface area (Å²) in [4.78, 5) is 10.9. The van der Waals surface area contributed by atoms with Crippen molar-refractivity contribution in [3.63, 3.8) is 0 Å². The van der Waals surface area contributed by atoms with Gasteiger partial charge in [-0.15, -0.1) is 0 Å². The van der Waals surface area contributed by atoms with Crippen LogP contribution in [0.1, 0.15) is 18.2 Å². The normalized spacial score (nSPS) is 10.4. The molecule has 0 aliphatic carbocycles. The second-order valence-corrected chi connectivity index (χ2v) is 4.48. The van der Waals surface area contributed by atoms with Crippen LogP contribution in [0.25, 0.3) is 0 Å². The Bertz CT molecular complexity index is 481. The number of nitrogens with zero attached hydrogens (tertiary/aromatic N) is 3. The highest BCUT2D eigenvalue weighted by molar-refractivity contribution is 5.38. The second kappa shape index (κ2) is 6.85. The van der Waals surface area contributed by atoms with Gasteiger partial charge in [0.2, 0.25) is 0 Å². The Kier molecular flexibility index (Phi) is 4.86. The fourth-order valence-electron chi connectivity index (χ4n) is 1.83. The van der Waals surface area contributed by atoms with Crippen LogP contribution in [0.5, 0.6) is 0 Å². The molecular weight excluding hydrogens is 236 g/mol. The molecule has 100 valence electrons. The Hall–Kier alpha value is -1.94. The minimum Gasteiger partial charge on any atom is -0.354 e. The van der Waals surface area contributed by atoms with Crippen molar-refractivity contribution in [1.82, 2.24) is 15.3 Å². The zero-order chi connectivity index (χ0) is 13.5. The molecule has 0 radical (unpaired) electrons. The molecule has 0 fully saturated rings. The molecule has 1 N–H and O–H groups in total. The molecule has 0 saturated heterocycles. The summed E-state index contributed by atoms with van der Waals surface area (Å²) in [5, 5.41) is 3.29. The molecule has 0 bridgehead atoms. The lowest BCUT2D eigenvalue weighted by Gasteiger charge is -2.17. The summed E-state index contributed by atoms with van der Waals surface area (Å²) in [6, 6.07) is 10.1. The van der Waals surface area contributed by atoms with E-state index in [1.54, 1.807) is 0 Å². The molecule has 19 heavy (non-hydrogen) atoms. The van der Waals surface area contributed by atoms with Gasteiger partial charge in [-0.05, 0) is 30.3 Å². The van der Waals surface area contributed by atoms with E-state index in [-0.39, 0.29) is 0 Å². The van der Waals surface area contributed by atoms with Gasteiger partial charge in [-0.1, -0.05) is 19.1 Å². The van der Waals surface area contributed by atoms with Gasteiger partial charge < -0.3 is 10.2 Å². The lowest BCUT2D eigenvalue weighted by molar-refractivity contribution is 0.723. The van der Waals surface area contributed by atoms with Crippen molar-refractivity contribution in [3.8, 4) is 0 Å². The molecule has 0 saturated carbocycles. The highest BCUT2D eigenvalue weighted by atomic mass is 15.2. The second-order valence-electron chi connectivity index (χ2n) is 4.48. The molecule has 0 amide bonds. The van der Waals surface area contributed by atoms with Crippen LogP contribution in [0.3, 0.4) is 0 Å². The van der Waals surface area contributed by atoms with Gasteiger partial charge >= 0.3 is 0 Å². The quantitative estimate of drug-likeness (QED) is 0.860. The third-order valence-corrected chi connectivity index (χ3v) is 2.90. The number of rotatable bonds is 6. The van der Waals surface area contributed by atoms with E-state index in [4.69, 9.17) is 0 Å². The monoisotopic (exact) mass is 256 g/mol. The van der Waals surface area contributed by atoms with E-state index in [2.05, 4.69) is 39.2 Å². The predicted octanol–water partition coefficient (Wildman–Crippen LogP) is 2.22. The molecule has 0 atom stereocenters. The summed E-state index contributed by atoms with van der Waals surface area (Å²) in [5.74, 6) is 0.964. The Morgan fingerprint density at radius 1 is 1.16 bits per heavy atom. The Morgan fingerprint density at radius 2 is 2.05 bits per heavy atom. The molecule has 0 aromatic carbocycles. The number of pyridine rings is 2. The van der Waals surface area contributed by atoms with Crippen LogP contribution >= 0.6 is 0 Å². The van der Waals surface area contributed by atoms with E-state index < -0.39 is 0 Å². The lowest BCUT2D eigenvalue weighted by Crippen LogP contribution is -2.18. The van der Waals surface area contributed by atoms with E-state index in [0.717, 1.165) is 31.1 Å². The smallest absolute Gasteiger partial charge is 0.128 e. The van der Waals surface area contributed by atoms with Gasteiger partial charge in [0.25, 0.3) is 0 Å². The molecule has 0 aliphatic rings. The van der Waals surface area contributed by atoms with Crippen molar-refractivity contribution in [1.29, 1.82) is 0 Å². The van der Waals surface area contributed by atoms with E-state index >= 15 is 0 Å². The summed E-state index contributed by atoms with van der Waals surface area (Å²) in [6.45, 7) is 4.71. The van der Waals surface area contributed by atoms with E-state index in [1.807, 2.05) is 37.6 Å². The zero-order valence-corrected chi connectivity index (χ0v) is 11.5. The van der Waals surface area contributed by atoms with Crippen LogP contribution < -0.4 is 10.2 Å². The van der Waals surface area contributed by atoms with Gasteiger partial charge in [-0.25, -0.2) is 4.98 Å². The lowest BCUT2D eigenvalue weighted by atomic mass is 10.2. The van der Waals surface area contributed by atoms with Crippen molar-refractivity contribution in [3.05, 3.63) is 54.0 Å². The first kappa shape index (κ1) is 13.5. The molecule has 2 rings (SSSR count). The van der Waals surface area contributed by atoms with Gasteiger partial charge in [-0.3, -0.25) is 4.98 Å². The largest absolute Gasteiger partial charge is 0.354 e. The van der Waals surface area contributed by atoms with Gasteiger partial charge in [0.15, 0.2) is 0 Å². The average Bonchev–Trinajstić information content (AvgIpc) is 2.46. The van der Waals surface area contributed by atoms with Crippen LogP contribution in [0.15, 0.2) is 42.7 Å². The maximum Gasteiger partial charge on any atom is 0.128 e. The fourth-order valence-corrected chi connectivity index (χ4v) is 1.83. The van der Waals surface area contributed by atoms with E-state index in [1.165, 1.54) is 5.56 Å². The number of nitrogens with one attached hydrogen (secondary N) is 1. The summed E-state index contributed by atoms with van der Waals surface area (Å²) in [6.07, 6.45) is 3.74. The molecule has 0 unspecified atom stereocenters. The summed E-state index contributed by atoms with van der Waals surface area (Å²) in [7, 11) is 2.03. The molecule has 2 aromatic rings. The highest BCUT2D eigenvalue weighted by Crippen LogP contribution is 2.12. The zero-order valence-electron chi connectivity index (χ0n) is 11.5. The fraction of sp³-hybridized carbons (Fsp3) is 0.333. The van der Waals surface area contributed by atoms with Crippen molar-refractivity contribution < 1.29 is 0 Å². The van der Waals surface area contributed by atoms with Gasteiger partial charge in [0.05, 0.1) is 12.2 Å². The summed E-state index contributed by atoms with van der Waals surface area (Å²) in [5.41, 5.74) is 2.25. The first-order valence-corrected chi connectivity index (χ1v) is 6.56. The highest BCUT2D eigenvalue weighted by Gasteiger charge is 2.04. The Labute approximate surface area is 114 Å². The van der Waals surface area contributed by atoms with Gasteiger partial charge in [-0.2, -0.15) is 0 Å². The molecule has 0 aliphatic heterocycles. The van der Waals surface area contributed by atoms with Crippen molar-refractivity contribution in [2.75, 3.05) is 18.5 Å². The SMILES string of the molecule is CCNCc1ccc(N(C)Cc2ccccn2)nc1. The molecule has 4 nitrogen and oxygen atoms in total. The summed E-state index contributed by atoms with van der Waals surface area (Å²) < 4.78 is 0. The minimum absolute atomic E-state index is 0.764. The molecule has 0 spiro atoms. The number of anilines is 1. The number of aromatic nitrogens is 2. The molecule has 2 heterocycles. The predicted molar refractivity (Wildman–Crippen MR) is 78.0 cm³/mol. The van der Waals surface area contributed by atoms with Crippen LogP contribution in [-0.4, -0.2) is 23.6 Å². The number of hydrogen-bond donors (Lipinski definition) is 1. The van der Waals surface area contributed by atoms with Crippen LogP contribution in [0, 0.1) is 0 Å². The van der Waals surface area contributed by atoms with Crippen LogP contribution in [0.2, 0.25) is 0 Å². The maximum absolute atomic E-state index is 4.49. The molecule has 2 aromatic heterocycles. The van der Waals surface area contributed by atoms with E-state index in [9.17, 15) is 0 Å². The van der Waals surface area contributed by atoms with Crippen LogP contribution in [0.4, 0.5) is 5.82 Å². The number of hydrogen-bond acceptors (Lipinski definition) is 4. The van der Waals surface area contributed by atoms with E-state index in [0.29, 0.717) is 0 Å². The molecular formula is C15H20N4. The summed E-state index contributed by atoms with van der Waals surface area (Å²) >= 11 is 0. The molecule has 4 heteroatoms. The van der Waals surface area contributed by atoms with Gasteiger partial charge in [0.1, 0.15) is 5.82 Å². The van der Waals surface area contributed by atoms with Gasteiger partial charge in [0, 0.05) is 26.0 Å².